The van der Waals surface area contributed by atoms with Crippen molar-refractivity contribution in [2.75, 3.05) is 6.61 Å². The molecule has 0 spiro atoms. The monoisotopic (exact) mass is 532 g/mol. The second kappa shape index (κ2) is 11.1. The topological polar surface area (TPSA) is 59.9 Å². The van der Waals surface area contributed by atoms with Gasteiger partial charge >= 0.3 is 6.18 Å². The van der Waals surface area contributed by atoms with Crippen LogP contribution in [0.25, 0.3) is 6.08 Å². The number of nitrogens with one attached hydrogen (secondary N) is 1. The van der Waals surface area contributed by atoms with Gasteiger partial charge in [0.1, 0.15) is 6.61 Å². The number of halogens is 4. The number of carbonyl (C=O) groups is 1. The Hall–Kier alpha value is -3.43. The summed E-state index contributed by atoms with van der Waals surface area (Å²) in [6, 6.07) is 17.2. The van der Waals surface area contributed by atoms with Crippen LogP contribution < -0.4 is 14.8 Å². The van der Waals surface area contributed by atoms with Crippen LogP contribution in [0.2, 0.25) is 5.02 Å². The predicted molar refractivity (Wildman–Crippen MR) is 136 cm³/mol. The number of rotatable bonds is 7. The summed E-state index contributed by atoms with van der Waals surface area (Å²) in [6.45, 7) is 2.51. The molecule has 4 rings (SSSR count). The Bertz CT molecular complexity index is 1340. The lowest BCUT2D eigenvalue weighted by molar-refractivity contribution is -0.137. The minimum absolute atomic E-state index is 0.0903. The fourth-order valence-corrected chi connectivity index (χ4v) is 4.31. The van der Waals surface area contributed by atoms with Gasteiger partial charge in [0.2, 0.25) is 0 Å². The number of aliphatic imine (C=N–C) groups is 1. The average Bonchev–Trinajstić information content (AvgIpc) is 3.17. The van der Waals surface area contributed by atoms with Crippen LogP contribution in [-0.2, 0) is 17.6 Å². The fraction of sp³-hybridized carbons (Fsp3) is 0.154. The maximum atomic E-state index is 13.0. The molecule has 0 bridgehead atoms. The molecule has 1 aliphatic rings. The smallest absolute Gasteiger partial charge is 0.416 e. The Morgan fingerprint density at radius 3 is 2.58 bits per heavy atom. The first-order chi connectivity index (χ1) is 17.2. The molecule has 1 aliphatic heterocycles. The van der Waals surface area contributed by atoms with Gasteiger partial charge in [-0.2, -0.15) is 13.2 Å². The lowest BCUT2D eigenvalue weighted by Gasteiger charge is -2.13. The zero-order valence-corrected chi connectivity index (χ0v) is 20.5. The first kappa shape index (κ1) is 25.7. The highest BCUT2D eigenvalue weighted by atomic mass is 35.5. The number of amides is 1. The van der Waals surface area contributed by atoms with Crippen molar-refractivity contribution in [3.8, 4) is 11.5 Å². The second-order valence-electron chi connectivity index (χ2n) is 7.55. The van der Waals surface area contributed by atoms with Crippen molar-refractivity contribution in [3.63, 3.8) is 0 Å². The minimum Gasteiger partial charge on any atom is -0.490 e. The summed E-state index contributed by atoms with van der Waals surface area (Å²) >= 11 is 7.23. The SMILES string of the molecule is CCOc1cc(/C=C2\SC(=Nc3cccc(C(F)(F)F)c3)NC2=O)ccc1OCc1ccccc1Cl. The van der Waals surface area contributed by atoms with Gasteiger partial charge in [0, 0.05) is 10.6 Å². The number of hydrogen-bond donors (Lipinski definition) is 1. The molecule has 0 saturated carbocycles. The third-order valence-corrected chi connectivity index (χ3v) is 6.24. The Kier molecular flexibility index (Phi) is 7.91. The summed E-state index contributed by atoms with van der Waals surface area (Å²) in [7, 11) is 0. The van der Waals surface area contributed by atoms with Gasteiger partial charge < -0.3 is 14.8 Å². The summed E-state index contributed by atoms with van der Waals surface area (Å²) in [5, 5.41) is 3.37. The highest BCUT2D eigenvalue weighted by Crippen LogP contribution is 2.35. The molecule has 186 valence electrons. The van der Waals surface area contributed by atoms with E-state index in [1.807, 2.05) is 25.1 Å². The number of benzene rings is 3. The van der Waals surface area contributed by atoms with Gasteiger partial charge in [-0.05, 0) is 66.7 Å². The van der Waals surface area contributed by atoms with Crippen LogP contribution >= 0.6 is 23.4 Å². The molecular formula is C26H20ClF3N2O3S. The van der Waals surface area contributed by atoms with Crippen LogP contribution in [0.3, 0.4) is 0 Å². The number of thioether (sulfide) groups is 1. The Morgan fingerprint density at radius 2 is 1.83 bits per heavy atom. The van der Waals surface area contributed by atoms with Gasteiger partial charge in [0.05, 0.1) is 22.8 Å². The predicted octanol–water partition coefficient (Wildman–Crippen LogP) is 7.23. The normalized spacial score (nSPS) is 15.9. The van der Waals surface area contributed by atoms with Gasteiger partial charge in [-0.15, -0.1) is 0 Å². The van der Waals surface area contributed by atoms with E-state index >= 15 is 0 Å². The first-order valence-electron chi connectivity index (χ1n) is 10.8. The summed E-state index contributed by atoms with van der Waals surface area (Å²) in [4.78, 5) is 16.9. The van der Waals surface area contributed by atoms with Gasteiger partial charge in [0.15, 0.2) is 16.7 Å². The van der Waals surface area contributed by atoms with Crippen LogP contribution in [0.4, 0.5) is 18.9 Å². The number of alkyl halides is 3. The maximum absolute atomic E-state index is 13.0. The molecule has 1 N–H and O–H groups in total. The molecular weight excluding hydrogens is 513 g/mol. The summed E-state index contributed by atoms with van der Waals surface area (Å²) in [6.07, 6.45) is -2.83. The molecule has 0 atom stereocenters. The van der Waals surface area contributed by atoms with Crippen molar-refractivity contribution in [2.45, 2.75) is 19.7 Å². The van der Waals surface area contributed by atoms with Gasteiger partial charge in [-0.1, -0.05) is 41.9 Å². The van der Waals surface area contributed by atoms with Crippen molar-refractivity contribution in [2.24, 2.45) is 4.99 Å². The van der Waals surface area contributed by atoms with Gasteiger partial charge in [0.25, 0.3) is 5.91 Å². The van der Waals surface area contributed by atoms with E-state index in [2.05, 4.69) is 10.3 Å². The van der Waals surface area contributed by atoms with Crippen molar-refractivity contribution in [3.05, 3.63) is 93.3 Å². The Labute approximate surface area is 215 Å². The summed E-state index contributed by atoms with van der Waals surface area (Å²) in [5.74, 6) is 0.622. The van der Waals surface area contributed by atoms with E-state index in [-0.39, 0.29) is 17.5 Å². The molecule has 0 aliphatic carbocycles. The van der Waals surface area contributed by atoms with E-state index in [4.69, 9.17) is 21.1 Å². The summed E-state index contributed by atoms with van der Waals surface area (Å²) in [5.41, 5.74) is 0.795. The van der Waals surface area contributed by atoms with Crippen LogP contribution in [0, 0.1) is 0 Å². The average molecular weight is 533 g/mol. The standard InChI is InChI=1S/C26H20ClF3N2O3S/c1-2-34-22-12-16(10-11-21(22)35-15-17-6-3-4-9-20(17)27)13-23-24(33)32-25(36-23)31-19-8-5-7-18(14-19)26(28,29)30/h3-14H,2,15H2,1H3,(H,31,32,33)/b23-13-. The van der Waals surface area contributed by atoms with E-state index in [1.165, 1.54) is 12.1 Å². The van der Waals surface area contributed by atoms with Crippen LogP contribution in [0.15, 0.2) is 76.6 Å². The summed E-state index contributed by atoms with van der Waals surface area (Å²) < 4.78 is 50.5. The molecule has 0 radical (unpaired) electrons. The van der Waals surface area contributed by atoms with Crippen LogP contribution in [0.1, 0.15) is 23.6 Å². The quantitative estimate of drug-likeness (QED) is 0.326. The number of nitrogens with zero attached hydrogens (tertiary/aromatic N) is 1. The zero-order valence-electron chi connectivity index (χ0n) is 18.9. The van der Waals surface area contributed by atoms with Crippen molar-refractivity contribution in [1.29, 1.82) is 0 Å². The number of amidine groups is 1. The van der Waals surface area contributed by atoms with Crippen molar-refractivity contribution in [1.82, 2.24) is 5.32 Å². The third kappa shape index (κ3) is 6.41. The lowest BCUT2D eigenvalue weighted by atomic mass is 10.2. The molecule has 10 heteroatoms. The molecule has 1 fully saturated rings. The largest absolute Gasteiger partial charge is 0.490 e. The molecule has 36 heavy (non-hydrogen) atoms. The molecule has 5 nitrogen and oxygen atoms in total. The molecule has 3 aromatic carbocycles. The number of hydrogen-bond acceptors (Lipinski definition) is 5. The number of carbonyl (C=O) groups excluding carboxylic acids is 1. The van der Waals surface area contributed by atoms with Gasteiger partial charge in [-0.3, -0.25) is 4.79 Å². The minimum atomic E-state index is -4.48. The molecule has 0 unspecified atom stereocenters. The van der Waals surface area contributed by atoms with E-state index in [0.29, 0.717) is 33.6 Å². The van der Waals surface area contributed by atoms with E-state index in [9.17, 15) is 18.0 Å². The third-order valence-electron chi connectivity index (χ3n) is 4.96. The highest BCUT2D eigenvalue weighted by molar-refractivity contribution is 8.18. The van der Waals surface area contributed by atoms with E-state index < -0.39 is 17.6 Å². The van der Waals surface area contributed by atoms with E-state index in [0.717, 1.165) is 29.5 Å². The molecule has 1 heterocycles. The lowest BCUT2D eigenvalue weighted by Crippen LogP contribution is -2.19. The highest BCUT2D eigenvalue weighted by Gasteiger charge is 2.30. The second-order valence-corrected chi connectivity index (χ2v) is 8.99. The first-order valence-corrected chi connectivity index (χ1v) is 12.0. The molecule has 0 aromatic heterocycles. The fourth-order valence-electron chi connectivity index (χ4n) is 3.27. The molecule has 1 saturated heterocycles. The van der Waals surface area contributed by atoms with Crippen LogP contribution in [0.5, 0.6) is 11.5 Å². The van der Waals surface area contributed by atoms with Crippen LogP contribution in [-0.4, -0.2) is 17.7 Å². The zero-order chi connectivity index (χ0) is 25.7. The molecule has 3 aromatic rings. The molecule has 1 amide bonds. The Balaban J connectivity index is 1.52. The van der Waals surface area contributed by atoms with Crippen molar-refractivity contribution >= 4 is 46.2 Å². The van der Waals surface area contributed by atoms with Crippen molar-refractivity contribution < 1.29 is 27.4 Å². The number of ether oxygens (including phenoxy) is 2. The Morgan fingerprint density at radius 1 is 1.03 bits per heavy atom. The van der Waals surface area contributed by atoms with Gasteiger partial charge in [-0.25, -0.2) is 4.99 Å². The van der Waals surface area contributed by atoms with E-state index in [1.54, 1.807) is 30.3 Å². The maximum Gasteiger partial charge on any atom is 0.416 e.